The molecule has 0 radical (unpaired) electrons. The van der Waals surface area contributed by atoms with Crippen molar-refractivity contribution in [3.63, 3.8) is 0 Å². The third kappa shape index (κ3) is 3.65. The van der Waals surface area contributed by atoms with Crippen LogP contribution in [0.2, 0.25) is 0 Å². The highest BCUT2D eigenvalue weighted by atomic mass is 16.5. The maximum Gasteiger partial charge on any atom is 0.203 e. The highest BCUT2D eigenvalue weighted by Crippen LogP contribution is 2.40. The zero-order chi connectivity index (χ0) is 20.4. The zero-order valence-corrected chi connectivity index (χ0v) is 17.3. The second-order valence-electron chi connectivity index (χ2n) is 6.97. The van der Waals surface area contributed by atoms with Gasteiger partial charge in [-0.25, -0.2) is 0 Å². The summed E-state index contributed by atoms with van der Waals surface area (Å²) in [4.78, 5) is 4.70. The van der Waals surface area contributed by atoms with Gasteiger partial charge < -0.3 is 19.1 Å². The van der Waals surface area contributed by atoms with Crippen molar-refractivity contribution in [3.05, 3.63) is 35.7 Å². The fourth-order valence-electron chi connectivity index (χ4n) is 3.72. The van der Waals surface area contributed by atoms with E-state index in [0.29, 0.717) is 11.5 Å². The molecule has 0 unspecified atom stereocenters. The van der Waals surface area contributed by atoms with E-state index in [2.05, 4.69) is 25.1 Å². The van der Waals surface area contributed by atoms with Crippen LogP contribution in [0.3, 0.4) is 0 Å². The number of rotatable bonds is 6. The van der Waals surface area contributed by atoms with Crippen molar-refractivity contribution in [2.24, 2.45) is 0 Å². The minimum atomic E-state index is 0.632. The lowest BCUT2D eigenvalue weighted by atomic mass is 10.1. The van der Waals surface area contributed by atoms with Crippen LogP contribution in [-0.4, -0.2) is 72.2 Å². The fraction of sp³-hybridized carbons (Fsp3) is 0.450. The first kappa shape index (κ1) is 19.3. The van der Waals surface area contributed by atoms with E-state index in [-0.39, 0.29) is 0 Å². The van der Waals surface area contributed by atoms with Crippen LogP contribution in [0.1, 0.15) is 11.4 Å². The predicted molar refractivity (Wildman–Crippen MR) is 109 cm³/mol. The molecule has 3 aromatic rings. The summed E-state index contributed by atoms with van der Waals surface area (Å²) in [6.07, 6.45) is 0. The third-order valence-electron chi connectivity index (χ3n) is 5.28. The first-order valence-electron chi connectivity index (χ1n) is 9.58. The van der Waals surface area contributed by atoms with Crippen molar-refractivity contribution in [1.29, 1.82) is 0 Å². The Labute approximate surface area is 169 Å². The highest BCUT2D eigenvalue weighted by molar-refractivity contribution is 5.55. The van der Waals surface area contributed by atoms with Gasteiger partial charge in [0.25, 0.3) is 0 Å². The molecule has 1 aliphatic heterocycles. The second kappa shape index (κ2) is 8.12. The van der Waals surface area contributed by atoms with E-state index in [1.807, 2.05) is 31.2 Å². The third-order valence-corrected chi connectivity index (χ3v) is 5.28. The largest absolute Gasteiger partial charge is 0.493 e. The number of nitrogens with zero attached hydrogens (tertiary/aromatic N) is 6. The van der Waals surface area contributed by atoms with Crippen LogP contribution in [0.4, 0.5) is 5.82 Å². The summed E-state index contributed by atoms with van der Waals surface area (Å²) in [6.45, 7) is 6.35. The van der Waals surface area contributed by atoms with E-state index < -0.39 is 0 Å². The Morgan fingerprint density at radius 2 is 1.62 bits per heavy atom. The lowest BCUT2D eigenvalue weighted by Crippen LogP contribution is -2.46. The Morgan fingerprint density at radius 1 is 0.862 bits per heavy atom. The summed E-state index contributed by atoms with van der Waals surface area (Å²) in [5.74, 6) is 3.77. The van der Waals surface area contributed by atoms with E-state index >= 15 is 0 Å². The molecule has 3 heterocycles. The number of hydrogen-bond donors (Lipinski definition) is 0. The number of aromatic nitrogens is 4. The van der Waals surface area contributed by atoms with E-state index in [0.717, 1.165) is 61.3 Å². The first-order chi connectivity index (χ1) is 14.1. The minimum absolute atomic E-state index is 0.632. The molecule has 9 heteroatoms. The van der Waals surface area contributed by atoms with Gasteiger partial charge in [0, 0.05) is 38.3 Å². The van der Waals surface area contributed by atoms with E-state index in [4.69, 9.17) is 14.2 Å². The van der Waals surface area contributed by atoms with Gasteiger partial charge in [0.15, 0.2) is 23.0 Å². The Morgan fingerprint density at radius 3 is 2.31 bits per heavy atom. The molecule has 0 amide bonds. The van der Waals surface area contributed by atoms with Crippen molar-refractivity contribution < 1.29 is 14.2 Å². The topological polar surface area (TPSA) is 77.3 Å². The summed E-state index contributed by atoms with van der Waals surface area (Å²) in [5, 5.41) is 12.9. The molecule has 0 saturated carbocycles. The van der Waals surface area contributed by atoms with Crippen LogP contribution in [0, 0.1) is 6.92 Å². The number of benzene rings is 1. The lowest BCUT2D eigenvalue weighted by molar-refractivity contribution is 0.243. The summed E-state index contributed by atoms with van der Waals surface area (Å²) < 4.78 is 18.3. The minimum Gasteiger partial charge on any atom is -0.493 e. The Bertz CT molecular complexity index is 997. The smallest absolute Gasteiger partial charge is 0.203 e. The van der Waals surface area contributed by atoms with Gasteiger partial charge in [-0.1, -0.05) is 6.07 Å². The van der Waals surface area contributed by atoms with Crippen molar-refractivity contribution in [2.75, 3.05) is 52.4 Å². The maximum absolute atomic E-state index is 5.62. The lowest BCUT2D eigenvalue weighted by Gasteiger charge is -2.35. The van der Waals surface area contributed by atoms with Gasteiger partial charge in [-0.2, -0.15) is 4.52 Å². The van der Waals surface area contributed by atoms with Crippen LogP contribution < -0.4 is 19.1 Å². The van der Waals surface area contributed by atoms with Crippen LogP contribution in [0.25, 0.3) is 5.65 Å². The predicted octanol–water partition coefficient (Wildman–Crippen LogP) is 1.78. The molecule has 0 spiro atoms. The van der Waals surface area contributed by atoms with E-state index in [1.165, 1.54) is 0 Å². The number of fused-ring (bicyclic) bond motifs is 1. The number of ether oxygens (including phenoxy) is 3. The Balaban J connectivity index is 1.45. The number of piperazine rings is 1. The van der Waals surface area contributed by atoms with Crippen molar-refractivity contribution >= 4 is 11.5 Å². The molecule has 154 valence electrons. The molecular formula is C20H26N6O3. The van der Waals surface area contributed by atoms with Gasteiger partial charge in [-0.05, 0) is 25.1 Å². The second-order valence-corrected chi connectivity index (χ2v) is 6.97. The van der Waals surface area contributed by atoms with Crippen LogP contribution in [0.15, 0.2) is 24.3 Å². The molecule has 1 aliphatic rings. The van der Waals surface area contributed by atoms with Crippen molar-refractivity contribution in [2.45, 2.75) is 13.5 Å². The summed E-state index contributed by atoms with van der Waals surface area (Å²) in [5.41, 5.74) is 1.85. The van der Waals surface area contributed by atoms with Crippen molar-refractivity contribution in [3.8, 4) is 17.2 Å². The van der Waals surface area contributed by atoms with E-state index in [9.17, 15) is 0 Å². The van der Waals surface area contributed by atoms with Gasteiger partial charge in [-0.15, -0.1) is 15.3 Å². The van der Waals surface area contributed by atoms with Gasteiger partial charge in [0.05, 0.1) is 21.3 Å². The molecule has 0 atom stereocenters. The molecule has 1 fully saturated rings. The SMILES string of the molecule is COc1ccc(CN2CCN(c3ccc4nnc(C)n4n3)CC2)c(OC)c1OC. The van der Waals surface area contributed by atoms with Crippen LogP contribution in [-0.2, 0) is 6.54 Å². The summed E-state index contributed by atoms with van der Waals surface area (Å²) in [7, 11) is 4.92. The highest BCUT2D eigenvalue weighted by Gasteiger charge is 2.22. The maximum atomic E-state index is 5.62. The molecule has 0 N–H and O–H groups in total. The molecule has 1 aromatic carbocycles. The monoisotopic (exact) mass is 398 g/mol. The molecular weight excluding hydrogens is 372 g/mol. The molecule has 0 bridgehead atoms. The van der Waals surface area contributed by atoms with Gasteiger partial charge >= 0.3 is 0 Å². The Hall–Kier alpha value is -3.07. The molecule has 29 heavy (non-hydrogen) atoms. The zero-order valence-electron chi connectivity index (χ0n) is 17.3. The Kier molecular flexibility index (Phi) is 5.39. The van der Waals surface area contributed by atoms with Gasteiger partial charge in [0.1, 0.15) is 5.82 Å². The quantitative estimate of drug-likeness (QED) is 0.622. The van der Waals surface area contributed by atoms with E-state index in [1.54, 1.807) is 25.8 Å². The molecule has 9 nitrogen and oxygen atoms in total. The summed E-state index contributed by atoms with van der Waals surface area (Å²) >= 11 is 0. The number of anilines is 1. The molecule has 4 rings (SSSR count). The standard InChI is InChI=1S/C20H26N6O3/c1-14-21-22-17-7-8-18(23-26(14)17)25-11-9-24(10-12-25)13-15-5-6-16(27-2)20(29-4)19(15)28-3/h5-8H,9-13H2,1-4H3. The van der Waals surface area contributed by atoms with Crippen LogP contribution >= 0.6 is 0 Å². The molecule has 1 saturated heterocycles. The number of hydrogen-bond acceptors (Lipinski definition) is 8. The average Bonchev–Trinajstić information content (AvgIpc) is 3.14. The fourth-order valence-corrected chi connectivity index (χ4v) is 3.72. The van der Waals surface area contributed by atoms with Crippen molar-refractivity contribution in [1.82, 2.24) is 24.7 Å². The van der Waals surface area contributed by atoms with Crippen LogP contribution in [0.5, 0.6) is 17.2 Å². The average molecular weight is 398 g/mol. The number of aryl methyl sites for hydroxylation is 1. The molecule has 2 aromatic heterocycles. The normalized spacial score (nSPS) is 15.0. The molecule has 0 aliphatic carbocycles. The van der Waals surface area contributed by atoms with Gasteiger partial charge in [-0.3, -0.25) is 4.90 Å². The first-order valence-corrected chi connectivity index (χ1v) is 9.58. The number of methoxy groups -OCH3 is 3. The van der Waals surface area contributed by atoms with Gasteiger partial charge in [0.2, 0.25) is 5.75 Å². The summed E-state index contributed by atoms with van der Waals surface area (Å²) in [6, 6.07) is 7.93.